The minimum absolute atomic E-state index is 0.169. The molecule has 0 aromatic heterocycles. The second-order valence-electron chi connectivity index (χ2n) is 6.31. The van der Waals surface area contributed by atoms with E-state index in [1.54, 1.807) is 24.3 Å². The lowest BCUT2D eigenvalue weighted by Crippen LogP contribution is -2.01. The highest BCUT2D eigenvalue weighted by Gasteiger charge is 2.06. The monoisotopic (exact) mass is 348 g/mol. The summed E-state index contributed by atoms with van der Waals surface area (Å²) in [4.78, 5) is 0. The van der Waals surface area contributed by atoms with E-state index in [1.807, 2.05) is 0 Å². The van der Waals surface area contributed by atoms with Crippen LogP contribution in [0, 0.1) is 0 Å². The number of alkyl halides is 2. The number of hydrogen-bond acceptors (Lipinski definition) is 1. The molecule has 3 heteroatoms. The fraction of sp³-hybridized carbons (Fsp3) is 0.130. The van der Waals surface area contributed by atoms with Gasteiger partial charge in [0.1, 0.15) is 5.75 Å². The maximum absolute atomic E-state index is 12.3. The molecule has 1 nitrogen and oxygen atoms in total. The molecular weight excluding hydrogens is 330 g/mol. The first-order valence-electron chi connectivity index (χ1n) is 8.65. The predicted molar refractivity (Wildman–Crippen MR) is 103 cm³/mol. The third-order valence-corrected chi connectivity index (χ3v) is 4.72. The maximum atomic E-state index is 12.3. The van der Waals surface area contributed by atoms with Gasteiger partial charge in [0.2, 0.25) is 0 Å². The number of ether oxygens (including phenoxy) is 1. The Morgan fingerprint density at radius 3 is 2.00 bits per heavy atom. The van der Waals surface area contributed by atoms with Crippen LogP contribution in [0.5, 0.6) is 5.75 Å². The zero-order chi connectivity index (χ0) is 18.1. The van der Waals surface area contributed by atoms with Crippen molar-refractivity contribution in [1.82, 2.24) is 0 Å². The Labute approximate surface area is 150 Å². The van der Waals surface area contributed by atoms with Crippen LogP contribution >= 0.6 is 0 Å². The van der Waals surface area contributed by atoms with Crippen molar-refractivity contribution in [1.29, 1.82) is 0 Å². The first-order chi connectivity index (χ1) is 12.6. The lowest BCUT2D eigenvalue weighted by Gasteiger charge is -2.09. The second kappa shape index (κ2) is 6.75. The first kappa shape index (κ1) is 16.5. The van der Waals surface area contributed by atoms with Gasteiger partial charge >= 0.3 is 6.61 Å². The summed E-state index contributed by atoms with van der Waals surface area (Å²) >= 11 is 0. The van der Waals surface area contributed by atoms with Crippen LogP contribution in [0.1, 0.15) is 12.5 Å². The molecule has 4 rings (SSSR count). The van der Waals surface area contributed by atoms with Gasteiger partial charge in [-0.3, -0.25) is 0 Å². The zero-order valence-corrected chi connectivity index (χ0v) is 14.4. The zero-order valence-electron chi connectivity index (χ0n) is 14.4. The van der Waals surface area contributed by atoms with Gasteiger partial charge in [0.15, 0.2) is 0 Å². The fourth-order valence-electron chi connectivity index (χ4n) is 3.35. The number of fused-ring (bicyclic) bond motifs is 3. The van der Waals surface area contributed by atoms with E-state index in [2.05, 4.69) is 60.2 Å². The SMILES string of the molecule is CCc1ccc2c(ccc3cc(-c4ccc(OC(F)F)cc4)ccc32)c1. The molecule has 26 heavy (non-hydrogen) atoms. The molecule has 0 atom stereocenters. The number of aryl methyl sites for hydroxylation is 1. The number of benzene rings is 4. The molecule has 0 N–H and O–H groups in total. The van der Waals surface area contributed by atoms with Crippen LogP contribution in [-0.4, -0.2) is 6.61 Å². The van der Waals surface area contributed by atoms with E-state index in [-0.39, 0.29) is 5.75 Å². The van der Waals surface area contributed by atoms with Crippen LogP contribution in [0.25, 0.3) is 32.7 Å². The Balaban J connectivity index is 1.74. The minimum atomic E-state index is -2.80. The molecule has 0 bridgehead atoms. The van der Waals surface area contributed by atoms with Crippen LogP contribution in [-0.2, 0) is 6.42 Å². The van der Waals surface area contributed by atoms with Gasteiger partial charge in [0, 0.05) is 0 Å². The molecule has 0 aliphatic carbocycles. The highest BCUT2D eigenvalue weighted by Crippen LogP contribution is 2.31. The molecule has 0 fully saturated rings. The highest BCUT2D eigenvalue weighted by molar-refractivity contribution is 6.08. The van der Waals surface area contributed by atoms with E-state index in [1.165, 1.54) is 21.7 Å². The van der Waals surface area contributed by atoms with Crippen LogP contribution < -0.4 is 4.74 Å². The normalized spacial score (nSPS) is 11.4. The predicted octanol–water partition coefficient (Wildman–Crippen LogP) is 6.82. The third-order valence-electron chi connectivity index (χ3n) is 4.72. The summed E-state index contributed by atoms with van der Waals surface area (Å²) in [5.41, 5.74) is 3.35. The Morgan fingerprint density at radius 1 is 0.731 bits per heavy atom. The van der Waals surface area contributed by atoms with E-state index in [0.717, 1.165) is 22.9 Å². The molecule has 0 unspecified atom stereocenters. The third kappa shape index (κ3) is 3.13. The highest BCUT2D eigenvalue weighted by atomic mass is 19.3. The van der Waals surface area contributed by atoms with Crippen molar-refractivity contribution < 1.29 is 13.5 Å². The van der Waals surface area contributed by atoms with Crippen molar-refractivity contribution in [3.63, 3.8) is 0 Å². The fourth-order valence-corrected chi connectivity index (χ4v) is 3.35. The summed E-state index contributed by atoms with van der Waals surface area (Å²) in [5, 5.41) is 4.86. The van der Waals surface area contributed by atoms with E-state index in [4.69, 9.17) is 0 Å². The van der Waals surface area contributed by atoms with Crippen LogP contribution in [0.15, 0.2) is 72.8 Å². The van der Waals surface area contributed by atoms with Crippen molar-refractivity contribution in [2.45, 2.75) is 20.0 Å². The number of halogens is 2. The molecule has 0 aliphatic rings. The molecule has 0 amide bonds. The molecule has 130 valence electrons. The summed E-state index contributed by atoms with van der Waals surface area (Å²) in [6.45, 7) is -0.644. The van der Waals surface area contributed by atoms with Gasteiger partial charge in [-0.1, -0.05) is 61.5 Å². The summed E-state index contributed by atoms with van der Waals surface area (Å²) in [5.74, 6) is 0.169. The number of rotatable bonds is 4. The molecule has 0 spiro atoms. The summed E-state index contributed by atoms with van der Waals surface area (Å²) in [7, 11) is 0. The van der Waals surface area contributed by atoms with E-state index in [0.29, 0.717) is 0 Å². The van der Waals surface area contributed by atoms with Gasteiger partial charge in [-0.2, -0.15) is 8.78 Å². The average Bonchev–Trinajstić information content (AvgIpc) is 2.67. The molecule has 4 aromatic carbocycles. The quantitative estimate of drug-likeness (QED) is 0.368. The molecule has 0 radical (unpaired) electrons. The average molecular weight is 348 g/mol. The second-order valence-corrected chi connectivity index (χ2v) is 6.31. The first-order valence-corrected chi connectivity index (χ1v) is 8.65. The van der Waals surface area contributed by atoms with Crippen LogP contribution in [0.2, 0.25) is 0 Å². The van der Waals surface area contributed by atoms with Crippen molar-refractivity contribution in [3.05, 3.63) is 78.4 Å². The molecule has 0 saturated heterocycles. The molecule has 0 saturated carbocycles. The van der Waals surface area contributed by atoms with Crippen molar-refractivity contribution in [2.24, 2.45) is 0 Å². The van der Waals surface area contributed by atoms with Gasteiger partial charge < -0.3 is 4.74 Å². The van der Waals surface area contributed by atoms with Gasteiger partial charge in [-0.15, -0.1) is 0 Å². The van der Waals surface area contributed by atoms with E-state index < -0.39 is 6.61 Å². The van der Waals surface area contributed by atoms with Crippen molar-refractivity contribution in [2.75, 3.05) is 0 Å². The van der Waals surface area contributed by atoms with Gasteiger partial charge in [-0.25, -0.2) is 0 Å². The largest absolute Gasteiger partial charge is 0.435 e. The molecule has 0 aliphatic heterocycles. The van der Waals surface area contributed by atoms with Gasteiger partial charge in [0.05, 0.1) is 0 Å². The lowest BCUT2D eigenvalue weighted by atomic mass is 9.96. The molecule has 4 aromatic rings. The van der Waals surface area contributed by atoms with Crippen molar-refractivity contribution >= 4 is 21.5 Å². The minimum Gasteiger partial charge on any atom is -0.435 e. The van der Waals surface area contributed by atoms with E-state index >= 15 is 0 Å². The summed E-state index contributed by atoms with van der Waals surface area (Å²) in [6, 6.07) is 24.0. The maximum Gasteiger partial charge on any atom is 0.387 e. The van der Waals surface area contributed by atoms with Crippen LogP contribution in [0.4, 0.5) is 8.78 Å². The van der Waals surface area contributed by atoms with Gasteiger partial charge in [0.25, 0.3) is 0 Å². The summed E-state index contributed by atoms with van der Waals surface area (Å²) in [6.07, 6.45) is 1.03. The van der Waals surface area contributed by atoms with Crippen molar-refractivity contribution in [3.8, 4) is 16.9 Å². The Morgan fingerprint density at radius 2 is 1.35 bits per heavy atom. The topological polar surface area (TPSA) is 9.23 Å². The smallest absolute Gasteiger partial charge is 0.387 e. The summed E-state index contributed by atoms with van der Waals surface area (Å²) < 4.78 is 29.0. The molecular formula is C23H18F2O. The van der Waals surface area contributed by atoms with Crippen LogP contribution in [0.3, 0.4) is 0 Å². The molecule has 0 heterocycles. The van der Waals surface area contributed by atoms with E-state index in [9.17, 15) is 8.78 Å². The Hall–Kier alpha value is -2.94. The Kier molecular flexibility index (Phi) is 4.29. The Bertz CT molecular complexity index is 1070. The number of hydrogen-bond donors (Lipinski definition) is 0. The standard InChI is InChI=1S/C23H18F2O/c1-2-15-3-11-21-18(13-15)4-5-19-14-17(8-12-22(19)21)16-6-9-20(10-7-16)26-23(24)25/h3-14,23H,2H2,1H3. The van der Waals surface area contributed by atoms with Gasteiger partial charge in [-0.05, 0) is 62.9 Å². The lowest BCUT2D eigenvalue weighted by molar-refractivity contribution is -0.0498.